The van der Waals surface area contributed by atoms with Crippen LogP contribution in [0.3, 0.4) is 0 Å². The van der Waals surface area contributed by atoms with Gasteiger partial charge in [0.2, 0.25) is 0 Å². The molecule has 182 valence electrons. The van der Waals surface area contributed by atoms with E-state index in [1.807, 2.05) is 66.7 Å². The maximum Gasteiger partial charge on any atom is 0.258 e. The average molecular weight is 520 g/mol. The van der Waals surface area contributed by atoms with Crippen LogP contribution < -0.4 is 33.6 Å². The molecule has 0 aliphatic heterocycles. The molecule has 0 aromatic heterocycles. The summed E-state index contributed by atoms with van der Waals surface area (Å²) in [5.74, 6) is -0.120. The van der Waals surface area contributed by atoms with E-state index in [0.717, 1.165) is 11.0 Å². The van der Waals surface area contributed by atoms with Gasteiger partial charge in [0.15, 0.2) is 12.7 Å². The van der Waals surface area contributed by atoms with E-state index in [1.165, 1.54) is 15.9 Å². The van der Waals surface area contributed by atoms with E-state index in [9.17, 15) is 4.79 Å². The second-order valence-corrected chi connectivity index (χ2v) is 11.8. The minimum absolute atomic E-state index is 0. The van der Waals surface area contributed by atoms with E-state index < -0.39 is 7.26 Å². The predicted molar refractivity (Wildman–Crippen MR) is 153 cm³/mol. The Morgan fingerprint density at radius 1 is 0.514 bits per heavy atom. The molecule has 0 aliphatic carbocycles. The number of halogens is 1. The average Bonchev–Trinajstić information content (AvgIpc) is 2.96. The highest BCUT2D eigenvalue weighted by atomic mass is 35.5. The molecule has 0 unspecified atom stereocenters. The molecule has 0 spiro atoms. The Bertz CT molecular complexity index is 1340. The van der Waals surface area contributed by atoms with Crippen molar-refractivity contribution < 1.29 is 17.2 Å². The summed E-state index contributed by atoms with van der Waals surface area (Å²) in [7, 11) is -2.47. The molecule has 0 saturated heterocycles. The van der Waals surface area contributed by atoms with Crippen molar-refractivity contribution in [1.82, 2.24) is 5.32 Å². The summed E-state index contributed by atoms with van der Waals surface area (Å²) in [6.45, 7) is 0. The quantitative estimate of drug-likeness (QED) is 0.328. The Labute approximate surface area is 225 Å². The molecule has 5 aromatic rings. The molecule has 0 heterocycles. The van der Waals surface area contributed by atoms with Crippen LogP contribution in [0.15, 0.2) is 157 Å². The summed E-state index contributed by atoms with van der Waals surface area (Å²) in [5.41, 5.74) is 2.56. The van der Waals surface area contributed by atoms with E-state index in [-0.39, 0.29) is 18.3 Å². The lowest BCUT2D eigenvalue weighted by molar-refractivity contribution is -0.0000151. The predicted octanol–water partition coefficient (Wildman–Crippen LogP) is 3.41. The first-order valence-corrected chi connectivity index (χ1v) is 13.8. The molecule has 4 heteroatoms. The fourth-order valence-corrected chi connectivity index (χ4v) is 8.72. The normalized spacial score (nSPS) is 11.3. The topological polar surface area (TPSA) is 29.1 Å². The SMILES string of the molecule is O=C(NC(=Cc1ccccc1)[P+](c1ccccc1)(c1ccccc1)c1ccccc1)c1ccccc1.[Cl-]. The Kier molecular flexibility index (Phi) is 8.69. The van der Waals surface area contributed by atoms with Gasteiger partial charge in [0.1, 0.15) is 15.9 Å². The highest BCUT2D eigenvalue weighted by Crippen LogP contribution is 2.61. The van der Waals surface area contributed by atoms with E-state index in [4.69, 9.17) is 0 Å². The van der Waals surface area contributed by atoms with Gasteiger partial charge < -0.3 is 12.4 Å². The number of rotatable bonds is 7. The number of hydrogen-bond acceptors (Lipinski definition) is 1. The molecule has 0 saturated carbocycles. The highest BCUT2D eigenvalue weighted by molar-refractivity contribution is 7.99. The van der Waals surface area contributed by atoms with Crippen molar-refractivity contribution in [2.24, 2.45) is 0 Å². The van der Waals surface area contributed by atoms with Crippen molar-refractivity contribution >= 4 is 35.2 Å². The van der Waals surface area contributed by atoms with Crippen LogP contribution >= 0.6 is 7.26 Å². The molecule has 1 amide bonds. The van der Waals surface area contributed by atoms with Crippen LogP contribution in [-0.4, -0.2) is 5.91 Å². The largest absolute Gasteiger partial charge is 1.00 e. The smallest absolute Gasteiger partial charge is 0.258 e. The van der Waals surface area contributed by atoms with E-state index in [1.54, 1.807) is 0 Å². The standard InChI is InChI=1S/C33H26NOP.ClH/c35-33(28-18-8-2-9-19-28)34-32(26-27-16-6-1-7-17-27)36(29-20-10-3-11-21-29,30-22-12-4-13-23-30)31-24-14-5-15-25-31;/h1-26H;1H. The molecule has 0 radical (unpaired) electrons. The summed E-state index contributed by atoms with van der Waals surface area (Å²) in [6, 6.07) is 51.3. The summed E-state index contributed by atoms with van der Waals surface area (Å²) in [5, 5.41) is 6.93. The van der Waals surface area contributed by atoms with Crippen molar-refractivity contribution in [2.45, 2.75) is 0 Å². The van der Waals surface area contributed by atoms with Crippen molar-refractivity contribution in [3.05, 3.63) is 168 Å². The maximum absolute atomic E-state index is 13.7. The first-order valence-electron chi connectivity index (χ1n) is 12.0. The Hall–Kier alpha value is -3.97. The fraction of sp³-hybridized carbons (Fsp3) is 0. The molecule has 5 aromatic carbocycles. The van der Waals surface area contributed by atoms with Gasteiger partial charge in [-0.25, -0.2) is 0 Å². The van der Waals surface area contributed by atoms with Crippen LogP contribution in [0.1, 0.15) is 15.9 Å². The van der Waals surface area contributed by atoms with Gasteiger partial charge in [0.05, 0.1) is 0 Å². The van der Waals surface area contributed by atoms with Crippen molar-refractivity contribution in [3.63, 3.8) is 0 Å². The molecule has 0 aliphatic rings. The monoisotopic (exact) mass is 519 g/mol. The zero-order valence-electron chi connectivity index (χ0n) is 20.2. The Balaban J connectivity index is 0.00000320. The van der Waals surface area contributed by atoms with Gasteiger partial charge in [-0.2, -0.15) is 0 Å². The fourth-order valence-electron chi connectivity index (χ4n) is 4.52. The van der Waals surface area contributed by atoms with Crippen molar-refractivity contribution in [2.75, 3.05) is 0 Å². The second kappa shape index (κ2) is 12.3. The lowest BCUT2D eigenvalue weighted by Crippen LogP contribution is -3.00. The first-order chi connectivity index (χ1) is 17.8. The molecule has 5 rings (SSSR count). The molecule has 0 fully saturated rings. The summed E-state index contributed by atoms with van der Waals surface area (Å²) < 4.78 is 0. The van der Waals surface area contributed by atoms with Crippen LogP contribution in [0, 0.1) is 0 Å². The van der Waals surface area contributed by atoms with Gasteiger partial charge in [0, 0.05) is 11.6 Å². The van der Waals surface area contributed by atoms with Gasteiger partial charge in [0.25, 0.3) is 5.91 Å². The zero-order chi connectivity index (χ0) is 24.6. The van der Waals surface area contributed by atoms with Crippen LogP contribution in [-0.2, 0) is 0 Å². The van der Waals surface area contributed by atoms with Crippen LogP contribution in [0.4, 0.5) is 0 Å². The molecule has 37 heavy (non-hydrogen) atoms. The van der Waals surface area contributed by atoms with E-state index in [0.29, 0.717) is 5.56 Å². The highest BCUT2D eigenvalue weighted by Gasteiger charge is 2.50. The van der Waals surface area contributed by atoms with E-state index in [2.05, 4.69) is 96.3 Å². The number of amides is 1. The van der Waals surface area contributed by atoms with Crippen LogP contribution in [0.25, 0.3) is 6.08 Å². The zero-order valence-corrected chi connectivity index (χ0v) is 21.9. The molecular weight excluding hydrogens is 493 g/mol. The molecular formula is C33H27ClNOP. The van der Waals surface area contributed by atoms with Crippen LogP contribution in [0.5, 0.6) is 0 Å². The Morgan fingerprint density at radius 3 is 1.27 bits per heavy atom. The minimum Gasteiger partial charge on any atom is -1.00 e. The molecule has 2 nitrogen and oxygen atoms in total. The van der Waals surface area contributed by atoms with Crippen molar-refractivity contribution in [3.8, 4) is 0 Å². The Morgan fingerprint density at radius 2 is 0.865 bits per heavy atom. The number of nitrogens with one attached hydrogen (secondary N) is 1. The summed E-state index contributed by atoms with van der Waals surface area (Å²) >= 11 is 0. The third-order valence-corrected chi connectivity index (χ3v) is 10.4. The van der Waals surface area contributed by atoms with Gasteiger partial charge in [-0.3, -0.25) is 10.1 Å². The van der Waals surface area contributed by atoms with E-state index >= 15 is 0 Å². The maximum atomic E-state index is 13.7. The number of carbonyl (C=O) groups excluding carboxylic acids is 1. The van der Waals surface area contributed by atoms with Gasteiger partial charge in [-0.05, 0) is 54.1 Å². The summed E-state index contributed by atoms with van der Waals surface area (Å²) in [4.78, 5) is 13.7. The third kappa shape index (κ3) is 5.57. The molecule has 0 bridgehead atoms. The van der Waals surface area contributed by atoms with Crippen molar-refractivity contribution in [1.29, 1.82) is 0 Å². The second-order valence-electron chi connectivity index (χ2n) is 8.44. The number of benzene rings is 5. The molecule has 0 atom stereocenters. The lowest BCUT2D eigenvalue weighted by atomic mass is 10.2. The third-order valence-electron chi connectivity index (χ3n) is 6.17. The van der Waals surface area contributed by atoms with Gasteiger partial charge >= 0.3 is 0 Å². The first kappa shape index (κ1) is 26.1. The number of carbonyl (C=O) groups is 1. The van der Waals surface area contributed by atoms with Gasteiger partial charge in [-0.1, -0.05) is 103 Å². The van der Waals surface area contributed by atoms with Gasteiger partial charge in [-0.15, -0.1) is 0 Å². The number of hydrogen-bond donors (Lipinski definition) is 1. The molecule has 1 N–H and O–H groups in total. The summed E-state index contributed by atoms with van der Waals surface area (Å²) in [6.07, 6.45) is 2.14. The lowest BCUT2D eigenvalue weighted by Gasteiger charge is -2.29. The minimum atomic E-state index is -2.47. The van der Waals surface area contributed by atoms with Crippen LogP contribution in [0.2, 0.25) is 0 Å².